The molecule has 100 valence electrons. The van der Waals surface area contributed by atoms with Gasteiger partial charge in [-0.05, 0) is 38.1 Å². The smallest absolute Gasteiger partial charge is 0.260 e. The Labute approximate surface area is 109 Å². The molecule has 1 atom stereocenters. The molecule has 1 aromatic rings. The minimum Gasteiger partial charge on any atom is -0.481 e. The summed E-state index contributed by atoms with van der Waals surface area (Å²) in [6.07, 6.45) is 0.462. The molecule has 0 aliphatic heterocycles. The first-order valence-corrected chi connectivity index (χ1v) is 6.35. The molecule has 4 heteroatoms. The fraction of sp³-hybridized carbons (Fsp3) is 0.500. The van der Waals surface area contributed by atoms with Crippen LogP contribution in [0.5, 0.6) is 5.75 Å². The second kappa shape index (κ2) is 7.71. The van der Waals surface area contributed by atoms with Crippen LogP contribution in [0, 0.1) is 0 Å². The number of carbonyl (C=O) groups excluding carboxylic acids is 1. The largest absolute Gasteiger partial charge is 0.481 e. The van der Waals surface area contributed by atoms with Gasteiger partial charge in [0.2, 0.25) is 0 Å². The van der Waals surface area contributed by atoms with E-state index in [-0.39, 0.29) is 5.91 Å². The average molecular weight is 250 g/mol. The van der Waals surface area contributed by atoms with Gasteiger partial charge in [0, 0.05) is 13.1 Å². The van der Waals surface area contributed by atoms with Crippen molar-refractivity contribution in [1.29, 1.82) is 0 Å². The normalized spacial score (nSPS) is 11.9. The summed E-state index contributed by atoms with van der Waals surface area (Å²) in [5.74, 6) is 0.644. The molecule has 1 rings (SSSR count). The van der Waals surface area contributed by atoms with E-state index >= 15 is 0 Å². The highest BCUT2D eigenvalue weighted by Crippen LogP contribution is 2.13. The molecule has 0 fully saturated rings. The van der Waals surface area contributed by atoms with Crippen LogP contribution in [-0.2, 0) is 11.3 Å². The van der Waals surface area contributed by atoms with Gasteiger partial charge < -0.3 is 15.4 Å². The number of ether oxygens (including phenoxy) is 1. The molecule has 0 aliphatic rings. The molecule has 0 aliphatic carbocycles. The van der Waals surface area contributed by atoms with Crippen molar-refractivity contribution < 1.29 is 9.53 Å². The Balaban J connectivity index is 2.48. The van der Waals surface area contributed by atoms with Gasteiger partial charge in [-0.2, -0.15) is 0 Å². The van der Waals surface area contributed by atoms with Crippen molar-refractivity contribution in [3.8, 4) is 5.75 Å². The van der Waals surface area contributed by atoms with Crippen molar-refractivity contribution >= 4 is 5.91 Å². The van der Waals surface area contributed by atoms with Crippen molar-refractivity contribution in [2.24, 2.45) is 0 Å². The van der Waals surface area contributed by atoms with Crippen LogP contribution in [-0.4, -0.2) is 25.6 Å². The molecule has 1 amide bonds. The highest BCUT2D eigenvalue weighted by molar-refractivity contribution is 5.80. The Hall–Kier alpha value is -1.55. The van der Waals surface area contributed by atoms with Crippen LogP contribution in [0.4, 0.5) is 0 Å². The zero-order chi connectivity index (χ0) is 13.4. The molecule has 0 bridgehead atoms. The Morgan fingerprint density at radius 3 is 2.56 bits per heavy atom. The molecule has 0 aromatic heterocycles. The first-order valence-electron chi connectivity index (χ1n) is 6.35. The zero-order valence-electron chi connectivity index (χ0n) is 11.3. The third-order valence-electron chi connectivity index (χ3n) is 2.54. The molecular weight excluding hydrogens is 228 g/mol. The highest BCUT2D eigenvalue weighted by Gasteiger charge is 2.13. The SMILES string of the molecule is CCCNC(=O)C(C)Oc1ccc(CNC)cc1. The molecule has 1 unspecified atom stereocenters. The number of nitrogens with one attached hydrogen (secondary N) is 2. The van der Waals surface area contributed by atoms with E-state index in [1.807, 2.05) is 38.2 Å². The van der Waals surface area contributed by atoms with Gasteiger partial charge in [0.05, 0.1) is 0 Å². The van der Waals surface area contributed by atoms with Crippen LogP contribution in [0.15, 0.2) is 24.3 Å². The predicted octanol–water partition coefficient (Wildman–Crippen LogP) is 1.70. The van der Waals surface area contributed by atoms with Gasteiger partial charge >= 0.3 is 0 Å². The lowest BCUT2D eigenvalue weighted by Gasteiger charge is -2.14. The monoisotopic (exact) mass is 250 g/mol. The van der Waals surface area contributed by atoms with E-state index in [4.69, 9.17) is 4.74 Å². The lowest BCUT2D eigenvalue weighted by Crippen LogP contribution is -2.36. The maximum atomic E-state index is 11.6. The number of benzene rings is 1. The minimum atomic E-state index is -0.466. The molecular formula is C14H22N2O2. The van der Waals surface area contributed by atoms with E-state index in [0.29, 0.717) is 12.3 Å². The summed E-state index contributed by atoms with van der Waals surface area (Å²) in [6, 6.07) is 7.75. The Bertz CT molecular complexity index is 363. The van der Waals surface area contributed by atoms with Gasteiger partial charge in [0.1, 0.15) is 5.75 Å². The van der Waals surface area contributed by atoms with Crippen molar-refractivity contribution in [2.45, 2.75) is 32.9 Å². The first kappa shape index (κ1) is 14.5. The molecule has 0 heterocycles. The van der Waals surface area contributed by atoms with Gasteiger partial charge in [-0.15, -0.1) is 0 Å². The molecule has 0 spiro atoms. The van der Waals surface area contributed by atoms with Crippen molar-refractivity contribution in [3.05, 3.63) is 29.8 Å². The van der Waals surface area contributed by atoms with E-state index < -0.39 is 6.10 Å². The van der Waals surface area contributed by atoms with Gasteiger partial charge in [-0.3, -0.25) is 4.79 Å². The van der Waals surface area contributed by atoms with Gasteiger partial charge in [-0.1, -0.05) is 19.1 Å². The molecule has 0 radical (unpaired) electrons. The average Bonchev–Trinajstić information content (AvgIpc) is 2.38. The Morgan fingerprint density at radius 2 is 2.00 bits per heavy atom. The fourth-order valence-electron chi connectivity index (χ4n) is 1.54. The maximum absolute atomic E-state index is 11.6. The lowest BCUT2D eigenvalue weighted by molar-refractivity contribution is -0.127. The number of hydrogen-bond donors (Lipinski definition) is 2. The maximum Gasteiger partial charge on any atom is 0.260 e. The third-order valence-corrected chi connectivity index (χ3v) is 2.54. The zero-order valence-corrected chi connectivity index (χ0v) is 11.3. The van der Waals surface area contributed by atoms with Crippen molar-refractivity contribution in [1.82, 2.24) is 10.6 Å². The summed E-state index contributed by atoms with van der Waals surface area (Å²) in [5, 5.41) is 5.89. The summed E-state index contributed by atoms with van der Waals surface area (Å²) in [7, 11) is 1.91. The summed E-state index contributed by atoms with van der Waals surface area (Å²) in [5.41, 5.74) is 1.19. The van der Waals surface area contributed by atoms with Crippen molar-refractivity contribution in [3.63, 3.8) is 0 Å². The fourth-order valence-corrected chi connectivity index (χ4v) is 1.54. The highest BCUT2D eigenvalue weighted by atomic mass is 16.5. The van der Waals surface area contributed by atoms with Crippen LogP contribution in [0.3, 0.4) is 0 Å². The summed E-state index contributed by atoms with van der Waals surface area (Å²) < 4.78 is 5.57. The third kappa shape index (κ3) is 4.75. The molecule has 2 N–H and O–H groups in total. The molecule has 18 heavy (non-hydrogen) atoms. The second-order valence-electron chi connectivity index (χ2n) is 4.23. The van der Waals surface area contributed by atoms with E-state index in [1.165, 1.54) is 5.56 Å². The van der Waals surface area contributed by atoms with Crippen LogP contribution in [0.1, 0.15) is 25.8 Å². The number of amides is 1. The van der Waals surface area contributed by atoms with Crippen molar-refractivity contribution in [2.75, 3.05) is 13.6 Å². The molecule has 4 nitrogen and oxygen atoms in total. The van der Waals surface area contributed by atoms with Crippen LogP contribution in [0.2, 0.25) is 0 Å². The molecule has 0 saturated carbocycles. The lowest BCUT2D eigenvalue weighted by atomic mass is 10.2. The number of carbonyl (C=O) groups is 1. The predicted molar refractivity (Wildman–Crippen MR) is 72.6 cm³/mol. The first-order chi connectivity index (χ1) is 8.67. The van der Waals surface area contributed by atoms with Crippen LogP contribution in [0.25, 0.3) is 0 Å². The quantitative estimate of drug-likeness (QED) is 0.774. The van der Waals surface area contributed by atoms with E-state index in [2.05, 4.69) is 10.6 Å². The van der Waals surface area contributed by atoms with E-state index in [9.17, 15) is 4.79 Å². The minimum absolute atomic E-state index is 0.0730. The molecule has 0 saturated heterocycles. The van der Waals surface area contributed by atoms with Crippen LogP contribution >= 0.6 is 0 Å². The second-order valence-corrected chi connectivity index (χ2v) is 4.23. The Kier molecular flexibility index (Phi) is 6.22. The number of hydrogen-bond acceptors (Lipinski definition) is 3. The number of rotatable bonds is 7. The van der Waals surface area contributed by atoms with Crippen LogP contribution < -0.4 is 15.4 Å². The van der Waals surface area contributed by atoms with E-state index in [1.54, 1.807) is 6.92 Å². The van der Waals surface area contributed by atoms with Gasteiger partial charge in [-0.25, -0.2) is 0 Å². The van der Waals surface area contributed by atoms with Gasteiger partial charge in [0.25, 0.3) is 5.91 Å². The Morgan fingerprint density at radius 1 is 1.33 bits per heavy atom. The van der Waals surface area contributed by atoms with E-state index in [0.717, 1.165) is 13.0 Å². The summed E-state index contributed by atoms with van der Waals surface area (Å²) in [4.78, 5) is 11.6. The van der Waals surface area contributed by atoms with Gasteiger partial charge in [0.15, 0.2) is 6.10 Å². The summed E-state index contributed by atoms with van der Waals surface area (Å²) >= 11 is 0. The topological polar surface area (TPSA) is 50.4 Å². The summed E-state index contributed by atoms with van der Waals surface area (Å²) in [6.45, 7) is 5.29. The molecule has 1 aromatic carbocycles. The standard InChI is InChI=1S/C14H22N2O2/c1-4-9-16-14(17)11(2)18-13-7-5-12(6-8-13)10-15-3/h5-8,11,15H,4,9-10H2,1-3H3,(H,16,17).